The second-order valence-corrected chi connectivity index (χ2v) is 6.88. The Morgan fingerprint density at radius 3 is 2.61 bits per heavy atom. The third kappa shape index (κ3) is 4.33. The summed E-state index contributed by atoms with van der Waals surface area (Å²) in [4.78, 5) is 16.5. The average molecular weight is 425 g/mol. The zero-order chi connectivity index (χ0) is 22.5. The Hall–Kier alpha value is -3.15. The van der Waals surface area contributed by atoms with Gasteiger partial charge in [-0.15, -0.1) is 0 Å². The van der Waals surface area contributed by atoms with Crippen LogP contribution in [0.1, 0.15) is 57.6 Å². The van der Waals surface area contributed by atoms with Crippen LogP contribution in [-0.4, -0.2) is 29.1 Å². The number of methoxy groups -OCH3 is 1. The summed E-state index contributed by atoms with van der Waals surface area (Å²) in [5, 5.41) is 0. The fourth-order valence-corrected chi connectivity index (χ4v) is 3.53. The molecule has 0 radical (unpaired) electrons. The van der Waals surface area contributed by atoms with Crippen molar-refractivity contribution >= 4 is 17.7 Å². The number of carbonyl (C=O) groups excluding carboxylic acids is 1. The number of benzene rings is 1. The first-order valence-corrected chi connectivity index (χ1v) is 10.9. The van der Waals surface area contributed by atoms with E-state index in [0.29, 0.717) is 22.9 Å². The van der Waals surface area contributed by atoms with Crippen LogP contribution in [0.3, 0.4) is 0 Å². The van der Waals surface area contributed by atoms with Gasteiger partial charge in [-0.25, -0.2) is 14.2 Å². The lowest BCUT2D eigenvalue weighted by atomic mass is 10.0. The summed E-state index contributed by atoms with van der Waals surface area (Å²) in [5.74, 6) is -0.0140. The highest BCUT2D eigenvalue weighted by molar-refractivity contribution is 5.95. The van der Waals surface area contributed by atoms with Crippen LogP contribution in [0.4, 0.5) is 4.39 Å². The van der Waals surface area contributed by atoms with Crippen molar-refractivity contribution in [2.45, 2.75) is 46.5 Å². The standard InChI is InChI=1S/C21H17FN2O3.2C2H6/c1-26-21(25)13-9-16-18(27-11-13)7-6-15(19(16)22)17-10-24-8-2-3-14(12-4-5-12)20(24)23-17;2*1-2/h2-3,6-10,12H,4-5,11H2,1H3;2*1-2H3. The second-order valence-electron chi connectivity index (χ2n) is 6.88. The largest absolute Gasteiger partial charge is 0.488 e. The van der Waals surface area contributed by atoms with Crippen molar-refractivity contribution in [1.29, 1.82) is 0 Å². The van der Waals surface area contributed by atoms with E-state index in [1.807, 2.05) is 50.6 Å². The Kier molecular flexibility index (Phi) is 7.10. The van der Waals surface area contributed by atoms with Gasteiger partial charge in [-0.3, -0.25) is 0 Å². The number of hydrogen-bond donors (Lipinski definition) is 0. The molecule has 0 spiro atoms. The average Bonchev–Trinajstić information content (AvgIpc) is 3.59. The summed E-state index contributed by atoms with van der Waals surface area (Å²) in [7, 11) is 1.29. The predicted molar refractivity (Wildman–Crippen MR) is 121 cm³/mol. The molecule has 3 heterocycles. The van der Waals surface area contributed by atoms with Gasteiger partial charge in [0.1, 0.15) is 23.8 Å². The van der Waals surface area contributed by atoms with Crippen molar-refractivity contribution in [3.63, 3.8) is 0 Å². The molecule has 0 saturated heterocycles. The van der Waals surface area contributed by atoms with E-state index < -0.39 is 11.8 Å². The molecular formula is C25H29FN2O3. The molecule has 0 N–H and O–H groups in total. The number of aromatic nitrogens is 2. The Balaban J connectivity index is 0.000000645. The molecule has 164 valence electrons. The summed E-state index contributed by atoms with van der Waals surface area (Å²) in [6.07, 6.45) is 7.60. The van der Waals surface area contributed by atoms with Crippen LogP contribution < -0.4 is 4.74 Å². The molecule has 3 aromatic rings. The van der Waals surface area contributed by atoms with Crippen molar-refractivity contribution < 1.29 is 18.7 Å². The topological polar surface area (TPSA) is 52.8 Å². The minimum absolute atomic E-state index is 0.0670. The van der Waals surface area contributed by atoms with Gasteiger partial charge in [-0.2, -0.15) is 0 Å². The molecule has 6 heteroatoms. The summed E-state index contributed by atoms with van der Waals surface area (Å²) in [5.41, 5.74) is 3.55. The maximum atomic E-state index is 15.3. The molecule has 5 nitrogen and oxygen atoms in total. The van der Waals surface area contributed by atoms with Crippen LogP contribution in [0.2, 0.25) is 0 Å². The van der Waals surface area contributed by atoms with E-state index in [1.165, 1.54) is 31.6 Å². The van der Waals surface area contributed by atoms with E-state index in [1.54, 1.807) is 12.1 Å². The number of rotatable bonds is 3. The third-order valence-electron chi connectivity index (χ3n) is 5.10. The number of nitrogens with zero attached hydrogens (tertiary/aromatic N) is 2. The summed E-state index contributed by atoms with van der Waals surface area (Å²) in [6, 6.07) is 7.47. The van der Waals surface area contributed by atoms with Gasteiger partial charge in [0.2, 0.25) is 0 Å². The summed E-state index contributed by atoms with van der Waals surface area (Å²) >= 11 is 0. The zero-order valence-corrected chi connectivity index (χ0v) is 18.7. The molecule has 1 aliphatic heterocycles. The molecule has 1 saturated carbocycles. The van der Waals surface area contributed by atoms with E-state index in [9.17, 15) is 4.79 Å². The van der Waals surface area contributed by atoms with Crippen molar-refractivity contribution in [1.82, 2.24) is 9.38 Å². The van der Waals surface area contributed by atoms with Gasteiger partial charge in [0.15, 0.2) is 0 Å². The molecule has 0 amide bonds. The van der Waals surface area contributed by atoms with E-state index in [-0.39, 0.29) is 17.7 Å². The van der Waals surface area contributed by atoms with Crippen molar-refractivity contribution in [3.05, 3.63) is 59.2 Å². The van der Waals surface area contributed by atoms with Gasteiger partial charge in [0.05, 0.1) is 23.9 Å². The lowest BCUT2D eigenvalue weighted by Crippen LogP contribution is -2.16. The molecule has 1 aliphatic carbocycles. The molecule has 5 rings (SSSR count). The van der Waals surface area contributed by atoms with Crippen molar-refractivity contribution in [2.75, 3.05) is 13.7 Å². The van der Waals surface area contributed by atoms with Gasteiger partial charge in [-0.05, 0) is 48.6 Å². The molecule has 0 atom stereocenters. The normalized spacial score (nSPS) is 14.2. The van der Waals surface area contributed by atoms with Crippen molar-refractivity contribution in [3.8, 4) is 17.0 Å². The van der Waals surface area contributed by atoms with E-state index in [0.717, 1.165) is 5.65 Å². The van der Waals surface area contributed by atoms with Crippen LogP contribution in [0.15, 0.2) is 42.2 Å². The molecule has 0 bridgehead atoms. The lowest BCUT2D eigenvalue weighted by molar-refractivity contribution is -0.136. The minimum atomic E-state index is -0.521. The number of carbonyl (C=O) groups is 1. The monoisotopic (exact) mass is 424 g/mol. The van der Waals surface area contributed by atoms with Gasteiger partial charge in [0, 0.05) is 18.0 Å². The van der Waals surface area contributed by atoms with Crippen molar-refractivity contribution in [2.24, 2.45) is 0 Å². The number of imidazole rings is 1. The number of pyridine rings is 1. The van der Waals surface area contributed by atoms with E-state index in [4.69, 9.17) is 14.5 Å². The molecule has 1 fully saturated rings. The molecule has 1 aromatic carbocycles. The third-order valence-corrected chi connectivity index (χ3v) is 5.10. The Labute approximate surface area is 182 Å². The number of esters is 1. The zero-order valence-electron chi connectivity index (χ0n) is 18.7. The van der Waals surface area contributed by atoms with Crippen LogP contribution in [-0.2, 0) is 9.53 Å². The molecule has 0 unspecified atom stereocenters. The first-order chi connectivity index (χ1) is 15.2. The maximum absolute atomic E-state index is 15.3. The lowest BCUT2D eigenvalue weighted by Gasteiger charge is -2.18. The highest BCUT2D eigenvalue weighted by atomic mass is 19.1. The summed E-state index contributed by atoms with van der Waals surface area (Å²) in [6.45, 7) is 8.07. The number of hydrogen-bond acceptors (Lipinski definition) is 4. The first kappa shape index (κ1) is 22.5. The van der Waals surface area contributed by atoms with Crippen LogP contribution in [0, 0.1) is 5.82 Å². The smallest absolute Gasteiger partial charge is 0.337 e. The highest BCUT2D eigenvalue weighted by Gasteiger charge is 2.27. The molecule has 2 aromatic heterocycles. The molecule has 31 heavy (non-hydrogen) atoms. The molecular weight excluding hydrogens is 395 g/mol. The van der Waals surface area contributed by atoms with Gasteiger partial charge < -0.3 is 13.9 Å². The SMILES string of the molecule is CC.CC.COC(=O)C1=Cc2c(ccc(-c3cn4cccc(C5CC5)c4n3)c2F)OC1. The fourth-order valence-electron chi connectivity index (χ4n) is 3.53. The van der Waals surface area contributed by atoms with E-state index in [2.05, 4.69) is 6.07 Å². The second kappa shape index (κ2) is 9.77. The Bertz CT molecular complexity index is 1110. The quantitative estimate of drug-likeness (QED) is 0.483. The van der Waals surface area contributed by atoms with Gasteiger partial charge in [0.25, 0.3) is 0 Å². The Morgan fingerprint density at radius 1 is 1.19 bits per heavy atom. The minimum Gasteiger partial charge on any atom is -0.488 e. The number of fused-ring (bicyclic) bond motifs is 2. The predicted octanol–water partition coefficient (Wildman–Crippen LogP) is 6.02. The van der Waals surface area contributed by atoms with Crippen LogP contribution in [0.25, 0.3) is 23.0 Å². The number of halogens is 1. The van der Waals surface area contributed by atoms with Crippen LogP contribution in [0.5, 0.6) is 5.75 Å². The fraction of sp³-hybridized carbons (Fsp3) is 0.360. The maximum Gasteiger partial charge on any atom is 0.337 e. The summed E-state index contributed by atoms with van der Waals surface area (Å²) < 4.78 is 27.4. The van der Waals surface area contributed by atoms with Gasteiger partial charge >= 0.3 is 5.97 Å². The van der Waals surface area contributed by atoms with Crippen LogP contribution >= 0.6 is 0 Å². The highest BCUT2D eigenvalue weighted by Crippen LogP contribution is 2.42. The molecule has 2 aliphatic rings. The van der Waals surface area contributed by atoms with E-state index >= 15 is 4.39 Å². The number of ether oxygens (including phenoxy) is 2. The Morgan fingerprint density at radius 2 is 1.94 bits per heavy atom. The first-order valence-electron chi connectivity index (χ1n) is 10.9. The van der Waals surface area contributed by atoms with Gasteiger partial charge in [-0.1, -0.05) is 33.8 Å².